The van der Waals surface area contributed by atoms with Crippen molar-refractivity contribution in [2.45, 2.75) is 33.0 Å². The number of aliphatic hydroxyl groups is 1. The molecular weight excluding hydrogens is 773 g/mol. The fourth-order valence-corrected chi connectivity index (χ4v) is 3.63. The largest absolute Gasteiger partial charge is 2.00 e. The number of hydrogen-bond acceptors (Lipinski definition) is 10. The van der Waals surface area contributed by atoms with Crippen LogP contribution in [-0.4, -0.2) is 68.5 Å². The predicted molar refractivity (Wildman–Crippen MR) is 192 cm³/mol. The molecule has 0 amide bonds. The van der Waals surface area contributed by atoms with Gasteiger partial charge >= 0.3 is 23.1 Å². The van der Waals surface area contributed by atoms with E-state index in [1.54, 1.807) is 37.3 Å². The van der Waals surface area contributed by atoms with Crippen molar-refractivity contribution < 1.29 is 51.1 Å². The smallest absolute Gasteiger partial charge is 1.00 e. The quantitative estimate of drug-likeness (QED) is 0.0393. The zero-order valence-electron chi connectivity index (χ0n) is 28.0. The third-order valence-electron chi connectivity index (χ3n) is 5.69. The third kappa shape index (κ3) is 19.6. The number of carbonyl (C=O) groups excluding carboxylic acids is 1. The van der Waals surface area contributed by atoms with Gasteiger partial charge in [-0.25, -0.2) is 0 Å². The number of ether oxygens (including phenoxy) is 2. The van der Waals surface area contributed by atoms with Gasteiger partial charge in [0.15, 0.2) is 6.29 Å². The van der Waals surface area contributed by atoms with E-state index in [4.69, 9.17) is 32.7 Å². The molecule has 13 nitrogen and oxygen atoms in total. The monoisotopic (exact) mass is 809 g/mol. The van der Waals surface area contributed by atoms with Crippen LogP contribution in [0.2, 0.25) is 0 Å². The van der Waals surface area contributed by atoms with Gasteiger partial charge in [0.25, 0.3) is 17.1 Å². The van der Waals surface area contributed by atoms with E-state index >= 15 is 0 Å². The summed E-state index contributed by atoms with van der Waals surface area (Å²) < 4.78 is 10.1. The molecule has 0 aromatic heterocycles. The maximum Gasteiger partial charge on any atom is 2.00 e. The number of methoxy groups -OCH3 is 1. The minimum Gasteiger partial charge on any atom is -1.00 e. The van der Waals surface area contributed by atoms with E-state index in [2.05, 4.69) is 26.3 Å². The molecule has 50 heavy (non-hydrogen) atoms. The van der Waals surface area contributed by atoms with E-state index in [1.807, 2.05) is 13.8 Å². The topological polar surface area (TPSA) is 185 Å². The van der Waals surface area contributed by atoms with Crippen LogP contribution in [0.4, 0.5) is 17.1 Å². The molecule has 268 valence electrons. The van der Waals surface area contributed by atoms with Crippen LogP contribution in [-0.2, 0) is 9.47 Å². The number of nitro benzene ring substituents is 3. The number of alkyl halides is 2. The fraction of sp³-hybridized carbons (Fsp3) is 0.242. The van der Waals surface area contributed by atoms with Crippen molar-refractivity contribution in [1.29, 1.82) is 0 Å². The van der Waals surface area contributed by atoms with Crippen LogP contribution in [0.15, 0.2) is 86.5 Å². The van der Waals surface area contributed by atoms with Crippen LogP contribution in [0.5, 0.6) is 0 Å². The molecule has 0 saturated carbocycles. The summed E-state index contributed by atoms with van der Waals surface area (Å²) in [6, 6.07) is 13.9. The van der Waals surface area contributed by atoms with E-state index in [0.717, 1.165) is 16.7 Å². The molecule has 0 aliphatic heterocycles. The number of nitrogens with zero attached hydrogens (tertiary/aromatic N) is 3. The van der Waals surface area contributed by atoms with Gasteiger partial charge in [0.2, 0.25) is 0 Å². The van der Waals surface area contributed by atoms with Gasteiger partial charge < -0.3 is 38.1 Å². The molecule has 3 aromatic rings. The van der Waals surface area contributed by atoms with Gasteiger partial charge in [-0.05, 0) is 44.5 Å². The first-order valence-electron chi connectivity index (χ1n) is 13.5. The summed E-state index contributed by atoms with van der Waals surface area (Å²) in [7, 11) is 1.49. The number of aliphatic hydroxyl groups excluding tert-OH is 1. The minimum atomic E-state index is -0.990. The maximum atomic E-state index is 10.9. The number of rotatable bonds is 11. The number of hydrogen-bond donors (Lipinski definition) is 1. The minimum absolute atomic E-state index is 0. The predicted octanol–water partition coefficient (Wildman–Crippen LogP) is 5.24. The van der Waals surface area contributed by atoms with Crippen LogP contribution in [0.3, 0.4) is 0 Å². The Balaban J connectivity index is -0.000000295. The van der Waals surface area contributed by atoms with Gasteiger partial charge in [0, 0.05) is 25.3 Å². The molecule has 3 aromatic carbocycles. The molecule has 17 heteroatoms. The van der Waals surface area contributed by atoms with Crippen molar-refractivity contribution in [2.24, 2.45) is 0 Å². The number of nitro groups is 3. The van der Waals surface area contributed by atoms with Crippen molar-refractivity contribution in [2.75, 3.05) is 19.2 Å². The Hall–Kier alpha value is -3.54. The first-order chi connectivity index (χ1) is 22.7. The molecule has 0 saturated heterocycles. The summed E-state index contributed by atoms with van der Waals surface area (Å²) >= 11 is 9.53. The van der Waals surface area contributed by atoms with E-state index in [9.17, 15) is 40.2 Å². The summed E-state index contributed by atoms with van der Waals surface area (Å²) in [5.41, 5.74) is 3.33. The van der Waals surface area contributed by atoms with Crippen LogP contribution in [0, 0.1) is 57.7 Å². The van der Waals surface area contributed by atoms with Crippen LogP contribution < -0.4 is 17.0 Å². The normalized spacial score (nSPS) is 10.2. The first kappa shape index (κ1) is 53.3. The maximum absolute atomic E-state index is 10.9. The Bertz CT molecular complexity index is 1530. The van der Waals surface area contributed by atoms with Gasteiger partial charge in [0.1, 0.15) is 19.0 Å². The Labute approximate surface area is 328 Å². The molecule has 0 aliphatic carbocycles. The van der Waals surface area contributed by atoms with Crippen molar-refractivity contribution in [1.82, 2.24) is 0 Å². The zero-order valence-corrected chi connectivity index (χ0v) is 32.5. The third-order valence-corrected chi connectivity index (χ3v) is 5.69. The van der Waals surface area contributed by atoms with Gasteiger partial charge in [-0.2, -0.15) is 0 Å². The molecule has 0 radical (unpaired) electrons. The van der Waals surface area contributed by atoms with Crippen molar-refractivity contribution >= 4 is 69.6 Å². The summed E-state index contributed by atoms with van der Waals surface area (Å²) in [6.45, 7) is 19.5. The van der Waals surface area contributed by atoms with Gasteiger partial charge in [0.05, 0.1) is 36.8 Å². The Morgan fingerprint density at radius 1 is 0.800 bits per heavy atom. The molecule has 0 aliphatic rings. The Morgan fingerprint density at radius 3 is 1.54 bits per heavy atom. The van der Waals surface area contributed by atoms with E-state index in [-0.39, 0.29) is 80.4 Å². The van der Waals surface area contributed by atoms with Crippen molar-refractivity contribution in [3.05, 3.63) is 157 Å². The first-order valence-corrected chi connectivity index (χ1v) is 14.6. The average Bonchev–Trinajstić information content (AvgIpc) is 3.06. The number of halogens is 3. The van der Waals surface area contributed by atoms with Gasteiger partial charge in [-0.1, -0.05) is 41.5 Å². The molecule has 0 bridgehead atoms. The second-order valence-electron chi connectivity index (χ2n) is 9.09. The van der Waals surface area contributed by atoms with Crippen molar-refractivity contribution in [3.63, 3.8) is 0 Å². The number of aldehydes is 1. The molecule has 0 spiro atoms. The molecule has 2 unspecified atom stereocenters. The summed E-state index contributed by atoms with van der Waals surface area (Å²) in [6.07, 6.45) is 1.73. The molecule has 3 rings (SSSR count). The molecule has 1 N–H and O–H groups in total. The van der Waals surface area contributed by atoms with Crippen molar-refractivity contribution in [3.8, 4) is 0 Å². The van der Waals surface area contributed by atoms with E-state index < -0.39 is 27.0 Å². The summed E-state index contributed by atoms with van der Waals surface area (Å²) in [5.74, 6) is 0. The second kappa shape index (κ2) is 30.3. The average molecular weight is 812 g/mol. The second-order valence-corrected chi connectivity index (χ2v) is 9.90. The summed E-state index contributed by atoms with van der Waals surface area (Å²) in [4.78, 5) is 40.7. The number of benzene rings is 3. The van der Waals surface area contributed by atoms with Gasteiger partial charge in [-0.3, -0.25) is 41.7 Å². The van der Waals surface area contributed by atoms with E-state index in [0.29, 0.717) is 11.8 Å². The van der Waals surface area contributed by atoms with E-state index in [1.165, 1.54) is 43.5 Å². The molecule has 0 heterocycles. The molecule has 2 atom stereocenters. The Kier molecular flexibility index (Phi) is 32.3. The summed E-state index contributed by atoms with van der Waals surface area (Å²) in [5, 5.41) is 41.5. The fourth-order valence-electron chi connectivity index (χ4n) is 3.63. The van der Waals surface area contributed by atoms with Crippen LogP contribution in [0.25, 0.3) is 0 Å². The number of aryl methyl sites for hydroxylation is 3. The zero-order chi connectivity index (χ0) is 37.4. The number of carbonyl (C=O) groups is 1. The Morgan fingerprint density at radius 2 is 1.18 bits per heavy atom. The SMILES string of the molecule is C=CC(O)c1cc(C)ccc1[N+](=O)[O-].C=CC(OCOC)c1cc(C)ccc1[N+](=O)[O-].Cc1ccc([N+](=O)[O-])c(C=O)c1.ClCCl.[Br-].[CH-]=C.[Mg+2]. The molecule has 0 fully saturated rings. The van der Waals surface area contributed by atoms with Gasteiger partial charge in [-0.15, -0.1) is 36.4 Å². The standard InChI is InChI=1S/C12H15NO4.C10H11NO3.C8H7NO3.C2H3.CH2Cl2.BrH.Mg/c1-4-12(17-8-16-3)10-7-9(2)5-6-11(10)13(14)15;1-3-10(12)8-6-7(2)4-5-9(8)11(13)14;1-6-2-3-8(9(11)12)7(4-6)5-10;1-2;2-1-3;;/h4-7,12H,1,8H2,2-3H3;3-6,10,12H,1H2,2H3;2-5H,1H3;1H,2H2;1H2;1H;/q;;;-1;;;+2/p-1. The van der Waals surface area contributed by atoms with Crippen LogP contribution in [0.1, 0.15) is 50.4 Å². The molecular formula is C33H38BrCl2MgN3O10. The van der Waals surface area contributed by atoms with Crippen LogP contribution >= 0.6 is 23.2 Å².